The topological polar surface area (TPSA) is 94.3 Å². The number of carbonyl (C=O) groups excluding carboxylic acids is 2. The Morgan fingerprint density at radius 2 is 1.54 bits per heavy atom. The molecule has 0 saturated heterocycles. The maximum Gasteiger partial charge on any atom is 0.251 e. The number of halogens is 1. The monoisotopic (exact) mass is 493 g/mol. The minimum absolute atomic E-state index is 0.198. The van der Waals surface area contributed by atoms with Crippen molar-refractivity contribution in [2.45, 2.75) is 32.6 Å². The van der Waals surface area contributed by atoms with Crippen LogP contribution in [0.15, 0.2) is 66.7 Å². The van der Waals surface area contributed by atoms with E-state index >= 15 is 0 Å². The second-order valence-corrected chi connectivity index (χ2v) is 9.53. The van der Waals surface area contributed by atoms with Crippen LogP contribution in [0.1, 0.15) is 77.6 Å². The summed E-state index contributed by atoms with van der Waals surface area (Å²) >= 11 is 0. The molecule has 3 N–H and O–H groups in total. The first-order valence-corrected chi connectivity index (χ1v) is 12.0. The highest BCUT2D eigenvalue weighted by Gasteiger charge is 2.43. The number of aryl methyl sites for hydroxylation is 2. The van der Waals surface area contributed by atoms with E-state index in [1.54, 1.807) is 24.3 Å². The molecule has 0 saturated carbocycles. The van der Waals surface area contributed by atoms with Crippen molar-refractivity contribution in [1.29, 1.82) is 0 Å². The van der Waals surface area contributed by atoms with Gasteiger partial charge in [0.05, 0.1) is 0 Å². The number of fused-ring (bicyclic) bond motifs is 8. The molecule has 0 aliphatic carbocycles. The molecule has 2 atom stereocenters. The molecule has 0 radical (unpaired) electrons. The number of pyridine rings is 1. The summed E-state index contributed by atoms with van der Waals surface area (Å²) in [4.78, 5) is 30.3. The first kappa shape index (κ1) is 23.1. The fourth-order valence-corrected chi connectivity index (χ4v) is 5.35. The number of amides is 1. The van der Waals surface area contributed by atoms with Crippen molar-refractivity contribution >= 4 is 17.5 Å². The van der Waals surface area contributed by atoms with E-state index in [2.05, 4.69) is 10.3 Å². The van der Waals surface area contributed by atoms with E-state index in [1.807, 2.05) is 38.1 Å². The third-order valence-corrected chi connectivity index (χ3v) is 7.19. The predicted molar refractivity (Wildman–Crippen MR) is 137 cm³/mol. The molecule has 0 fully saturated rings. The Hall–Kier alpha value is -4.36. The fraction of sp³-hybridized carbons (Fsp3) is 0.167. The number of ketones is 1. The van der Waals surface area contributed by atoms with Crippen LogP contribution in [-0.4, -0.2) is 16.7 Å². The van der Waals surface area contributed by atoms with Crippen molar-refractivity contribution in [1.82, 2.24) is 10.3 Å². The highest BCUT2D eigenvalue weighted by Crippen LogP contribution is 2.54. The summed E-state index contributed by atoms with van der Waals surface area (Å²) in [5.74, 6) is -0.440. The van der Waals surface area contributed by atoms with Crippen molar-refractivity contribution in [3.8, 4) is 0 Å². The maximum atomic E-state index is 13.6. The number of nitrogens with two attached hydrogens (primary N) is 1. The van der Waals surface area contributed by atoms with Gasteiger partial charge in [-0.3, -0.25) is 9.59 Å². The van der Waals surface area contributed by atoms with E-state index in [0.717, 1.165) is 39.1 Å². The number of hydrogen-bond donors (Lipinski definition) is 2. The Bertz CT molecular complexity index is 1590. The quantitative estimate of drug-likeness (QED) is 0.377. The van der Waals surface area contributed by atoms with Crippen LogP contribution in [0, 0.1) is 19.7 Å². The highest BCUT2D eigenvalue weighted by atomic mass is 19.1. The number of carbonyl (C=O) groups is 2. The number of benzene rings is 3. The summed E-state index contributed by atoms with van der Waals surface area (Å²) < 4.78 is 19.9. The molecule has 7 heteroatoms. The molecule has 2 bridgehead atoms. The lowest BCUT2D eigenvalue weighted by molar-refractivity contribution is 0.0857. The molecule has 1 aromatic heterocycles. The molecule has 6 nitrogen and oxygen atoms in total. The van der Waals surface area contributed by atoms with E-state index < -0.39 is 5.82 Å². The van der Waals surface area contributed by atoms with Crippen LogP contribution in [0.5, 0.6) is 0 Å². The zero-order valence-electron chi connectivity index (χ0n) is 20.3. The molecule has 0 spiro atoms. The van der Waals surface area contributed by atoms with Crippen LogP contribution in [0.2, 0.25) is 0 Å². The molecule has 37 heavy (non-hydrogen) atoms. The van der Waals surface area contributed by atoms with Crippen molar-refractivity contribution in [3.63, 3.8) is 0 Å². The molecule has 3 aromatic carbocycles. The predicted octanol–water partition coefficient (Wildman–Crippen LogP) is 5.10. The van der Waals surface area contributed by atoms with Crippen molar-refractivity contribution < 1.29 is 18.7 Å². The average Bonchev–Trinajstić information content (AvgIpc) is 3.44. The molecule has 1 amide bonds. The minimum Gasteiger partial charge on any atom is -0.384 e. The van der Waals surface area contributed by atoms with Crippen LogP contribution in [-0.2, 0) is 11.3 Å². The second-order valence-electron chi connectivity index (χ2n) is 9.53. The van der Waals surface area contributed by atoms with Gasteiger partial charge in [-0.25, -0.2) is 9.37 Å². The van der Waals surface area contributed by atoms with Gasteiger partial charge in [-0.2, -0.15) is 0 Å². The van der Waals surface area contributed by atoms with E-state index in [4.69, 9.17) is 10.5 Å². The number of nitrogen functional groups attached to an aromatic ring is 1. The van der Waals surface area contributed by atoms with Crippen LogP contribution in [0.4, 0.5) is 10.2 Å². The lowest BCUT2D eigenvalue weighted by atomic mass is 9.83. The molecule has 6 rings (SSSR count). The SMILES string of the molecule is Cc1cc(N)nc(C)c1CNC(=O)c1ccc2c(c1)C1OC2c2ccc(C(=O)c3cccc(F)c3)cc21. The van der Waals surface area contributed by atoms with Gasteiger partial charge in [-0.1, -0.05) is 30.3 Å². The van der Waals surface area contributed by atoms with Gasteiger partial charge in [0.25, 0.3) is 5.91 Å². The van der Waals surface area contributed by atoms with Crippen LogP contribution in [0.3, 0.4) is 0 Å². The van der Waals surface area contributed by atoms with Gasteiger partial charge in [-0.15, -0.1) is 0 Å². The van der Waals surface area contributed by atoms with E-state index in [9.17, 15) is 14.0 Å². The summed E-state index contributed by atoms with van der Waals surface area (Å²) in [6.07, 6.45) is -0.606. The Labute approximate surface area is 213 Å². The van der Waals surface area contributed by atoms with Gasteiger partial charge in [0.15, 0.2) is 5.78 Å². The molecular formula is C30H24FN3O3. The Kier molecular flexibility index (Phi) is 5.38. The zero-order valence-corrected chi connectivity index (χ0v) is 20.3. The van der Waals surface area contributed by atoms with Crippen LogP contribution < -0.4 is 11.1 Å². The Morgan fingerprint density at radius 1 is 0.892 bits per heavy atom. The minimum atomic E-state index is -0.452. The number of rotatable bonds is 5. The van der Waals surface area contributed by atoms with E-state index in [-0.39, 0.29) is 23.9 Å². The first-order chi connectivity index (χ1) is 17.8. The molecule has 3 heterocycles. The number of ether oxygens (including phenoxy) is 1. The van der Waals surface area contributed by atoms with E-state index in [0.29, 0.717) is 29.1 Å². The summed E-state index contributed by atoms with van der Waals surface area (Å²) in [5, 5.41) is 2.98. The summed E-state index contributed by atoms with van der Waals surface area (Å²) in [5.41, 5.74) is 13.7. The molecule has 2 unspecified atom stereocenters. The van der Waals surface area contributed by atoms with Crippen LogP contribution in [0.25, 0.3) is 0 Å². The zero-order chi connectivity index (χ0) is 25.8. The number of aromatic nitrogens is 1. The summed E-state index contributed by atoms with van der Waals surface area (Å²) in [6, 6.07) is 18.6. The van der Waals surface area contributed by atoms with Gasteiger partial charge in [-0.05, 0) is 83.6 Å². The largest absolute Gasteiger partial charge is 0.384 e. The molecular weight excluding hydrogens is 469 g/mol. The van der Waals surface area contributed by atoms with Gasteiger partial charge >= 0.3 is 0 Å². The maximum absolute atomic E-state index is 13.6. The van der Waals surface area contributed by atoms with Gasteiger partial charge in [0, 0.05) is 28.9 Å². The molecule has 4 aromatic rings. The van der Waals surface area contributed by atoms with Crippen molar-refractivity contribution in [3.05, 3.63) is 128 Å². The lowest BCUT2D eigenvalue weighted by Crippen LogP contribution is -2.24. The highest BCUT2D eigenvalue weighted by molar-refractivity contribution is 6.09. The van der Waals surface area contributed by atoms with Crippen molar-refractivity contribution in [2.75, 3.05) is 5.73 Å². The lowest BCUT2D eigenvalue weighted by Gasteiger charge is -2.18. The number of hydrogen-bond acceptors (Lipinski definition) is 5. The number of anilines is 1. The van der Waals surface area contributed by atoms with Crippen molar-refractivity contribution in [2.24, 2.45) is 0 Å². The Balaban J connectivity index is 1.25. The van der Waals surface area contributed by atoms with Crippen LogP contribution >= 0.6 is 0 Å². The number of nitrogens with zero attached hydrogens (tertiary/aromatic N) is 1. The number of nitrogens with one attached hydrogen (secondary N) is 1. The first-order valence-electron chi connectivity index (χ1n) is 12.0. The summed E-state index contributed by atoms with van der Waals surface area (Å²) in [6.45, 7) is 4.16. The van der Waals surface area contributed by atoms with Gasteiger partial charge < -0.3 is 15.8 Å². The smallest absolute Gasteiger partial charge is 0.251 e. The Morgan fingerprint density at radius 3 is 2.24 bits per heavy atom. The molecule has 184 valence electrons. The fourth-order valence-electron chi connectivity index (χ4n) is 5.35. The average molecular weight is 494 g/mol. The van der Waals surface area contributed by atoms with Gasteiger partial charge in [0.2, 0.25) is 0 Å². The molecule has 2 aliphatic rings. The third kappa shape index (κ3) is 3.88. The summed E-state index contributed by atoms with van der Waals surface area (Å²) in [7, 11) is 0. The normalized spacial score (nSPS) is 16.8. The van der Waals surface area contributed by atoms with E-state index in [1.165, 1.54) is 18.2 Å². The second kappa shape index (κ2) is 8.64. The van der Waals surface area contributed by atoms with Gasteiger partial charge in [0.1, 0.15) is 23.8 Å². The third-order valence-electron chi connectivity index (χ3n) is 7.19. The molecule has 2 aliphatic heterocycles. The standard InChI is InChI=1S/C30H24FN3O3/c1-15-10-26(32)34-16(2)25(15)14-33-30(36)19-7-9-22-24(13-19)29-23-12-18(6-8-21(23)28(22)37-29)27(35)17-4-3-5-20(31)11-17/h3-13,28-29H,14H2,1-2H3,(H2,32,34)(H,33,36).